The third kappa shape index (κ3) is 6.48. The third-order valence-electron chi connectivity index (χ3n) is 4.14. The zero-order valence-electron chi connectivity index (χ0n) is 17.0. The summed E-state index contributed by atoms with van der Waals surface area (Å²) in [5.41, 5.74) is 0.0402. The van der Waals surface area contributed by atoms with Gasteiger partial charge in [0.15, 0.2) is 0 Å². The minimum Gasteiger partial charge on any atom is -0.469 e. The molecule has 9 nitrogen and oxygen atoms in total. The van der Waals surface area contributed by atoms with Gasteiger partial charge in [0.05, 0.1) is 7.11 Å². The van der Waals surface area contributed by atoms with E-state index >= 15 is 0 Å². The average Bonchev–Trinajstić information content (AvgIpc) is 2.94. The van der Waals surface area contributed by atoms with Crippen molar-refractivity contribution in [3.63, 3.8) is 0 Å². The number of likely N-dealkylation sites (tertiary alicyclic amines) is 1. The molecule has 0 spiro atoms. The van der Waals surface area contributed by atoms with Crippen molar-refractivity contribution >= 4 is 23.9 Å². The van der Waals surface area contributed by atoms with E-state index in [0.29, 0.717) is 0 Å². The number of benzene rings is 1. The van der Waals surface area contributed by atoms with E-state index < -0.39 is 41.5 Å². The maximum absolute atomic E-state index is 12.7. The number of amides is 2. The number of hydrogen-bond acceptors (Lipinski definition) is 7. The fourth-order valence-electron chi connectivity index (χ4n) is 2.84. The normalized spacial score (nSPS) is 18.9. The molecule has 158 valence electrons. The molecule has 1 heterocycles. The highest BCUT2D eigenvalue weighted by Crippen LogP contribution is 2.21. The Kier molecular flexibility index (Phi) is 7.19. The molecule has 1 aliphatic heterocycles. The van der Waals surface area contributed by atoms with Gasteiger partial charge in [-0.3, -0.25) is 14.4 Å². The molecule has 0 saturated carbocycles. The summed E-state index contributed by atoms with van der Waals surface area (Å²) in [4.78, 5) is 50.1. The van der Waals surface area contributed by atoms with Crippen molar-refractivity contribution < 1.29 is 33.4 Å². The van der Waals surface area contributed by atoms with E-state index in [1.807, 2.05) is 30.3 Å². The molecule has 0 bridgehead atoms. The number of nitrogens with one attached hydrogen (secondary N) is 1. The number of alkyl carbamates (subject to hydrolysis) is 1. The minimum absolute atomic E-state index is 0.0712. The lowest BCUT2D eigenvalue weighted by molar-refractivity contribution is -0.149. The topological polar surface area (TPSA) is 111 Å². The van der Waals surface area contributed by atoms with Crippen molar-refractivity contribution in [3.8, 4) is 0 Å². The summed E-state index contributed by atoms with van der Waals surface area (Å²) in [7, 11) is 1.19. The molecule has 0 aromatic heterocycles. The van der Waals surface area contributed by atoms with Crippen molar-refractivity contribution in [3.05, 3.63) is 35.9 Å². The zero-order valence-corrected chi connectivity index (χ0v) is 17.0. The predicted molar refractivity (Wildman–Crippen MR) is 101 cm³/mol. The Morgan fingerprint density at radius 3 is 2.41 bits per heavy atom. The lowest BCUT2D eigenvalue weighted by Gasteiger charge is -2.22. The van der Waals surface area contributed by atoms with E-state index in [1.54, 1.807) is 20.8 Å². The number of methoxy groups -OCH3 is 1. The Morgan fingerprint density at radius 2 is 1.83 bits per heavy atom. The lowest BCUT2D eigenvalue weighted by Crippen LogP contribution is -2.48. The largest absolute Gasteiger partial charge is 0.469 e. The van der Waals surface area contributed by atoms with Crippen LogP contribution in [0.1, 0.15) is 26.3 Å². The van der Waals surface area contributed by atoms with Crippen molar-refractivity contribution in [1.29, 1.82) is 0 Å². The van der Waals surface area contributed by atoms with E-state index in [0.717, 1.165) is 10.5 Å². The molecule has 2 amide bonds. The van der Waals surface area contributed by atoms with Crippen LogP contribution < -0.4 is 5.32 Å². The molecule has 0 aliphatic carbocycles. The fourth-order valence-corrected chi connectivity index (χ4v) is 2.84. The highest BCUT2D eigenvalue weighted by Gasteiger charge is 2.47. The van der Waals surface area contributed by atoms with Gasteiger partial charge in [0, 0.05) is 6.54 Å². The second-order valence-corrected chi connectivity index (χ2v) is 7.62. The van der Waals surface area contributed by atoms with Crippen molar-refractivity contribution in [2.24, 2.45) is 5.92 Å². The van der Waals surface area contributed by atoms with Gasteiger partial charge in [0.2, 0.25) is 5.91 Å². The van der Waals surface area contributed by atoms with Gasteiger partial charge < -0.3 is 24.4 Å². The summed E-state index contributed by atoms with van der Waals surface area (Å²) in [6.45, 7) is 4.68. The Bertz CT molecular complexity index is 758. The van der Waals surface area contributed by atoms with Crippen LogP contribution in [0.5, 0.6) is 0 Å². The van der Waals surface area contributed by atoms with Gasteiger partial charge in [0.25, 0.3) is 0 Å². The number of nitrogens with zero attached hydrogens (tertiary/aromatic N) is 1. The van der Waals surface area contributed by atoms with Crippen LogP contribution in [0.4, 0.5) is 4.79 Å². The summed E-state index contributed by atoms with van der Waals surface area (Å²) in [6, 6.07) is 7.92. The van der Waals surface area contributed by atoms with Crippen LogP contribution in [0.3, 0.4) is 0 Å². The third-order valence-corrected chi connectivity index (χ3v) is 4.14. The van der Waals surface area contributed by atoms with Crippen LogP contribution in [-0.4, -0.2) is 60.7 Å². The minimum atomic E-state index is -1.18. The summed E-state index contributed by atoms with van der Waals surface area (Å²) in [6.07, 6.45) is -0.835. The summed E-state index contributed by atoms with van der Waals surface area (Å²) < 4.78 is 15.1. The molecule has 1 aromatic rings. The molecule has 1 saturated heterocycles. The Balaban J connectivity index is 2.00. The Labute approximate surface area is 169 Å². The summed E-state index contributed by atoms with van der Waals surface area (Å²) >= 11 is 0. The van der Waals surface area contributed by atoms with Gasteiger partial charge >= 0.3 is 18.0 Å². The van der Waals surface area contributed by atoms with Gasteiger partial charge in [-0.1, -0.05) is 30.3 Å². The average molecular weight is 406 g/mol. The van der Waals surface area contributed by atoms with Crippen molar-refractivity contribution in [2.45, 2.75) is 39.0 Å². The molecule has 29 heavy (non-hydrogen) atoms. The molecule has 1 N–H and O–H groups in total. The first-order chi connectivity index (χ1) is 13.6. The maximum atomic E-state index is 12.7. The fraction of sp³-hybridized carbons (Fsp3) is 0.500. The highest BCUT2D eigenvalue weighted by atomic mass is 16.6. The summed E-state index contributed by atoms with van der Waals surface area (Å²) in [5, 5.41) is 2.41. The molecular weight excluding hydrogens is 380 g/mol. The summed E-state index contributed by atoms with van der Waals surface area (Å²) in [5.74, 6) is -2.83. The number of carbonyl (C=O) groups is 4. The molecule has 2 rings (SSSR count). The first-order valence-corrected chi connectivity index (χ1v) is 9.16. The highest BCUT2D eigenvalue weighted by molar-refractivity contribution is 5.95. The second-order valence-electron chi connectivity index (χ2n) is 7.62. The molecule has 0 radical (unpaired) electrons. The van der Waals surface area contributed by atoms with Gasteiger partial charge in [-0.05, 0) is 26.3 Å². The smallest absolute Gasteiger partial charge is 0.408 e. The standard InChI is InChI=1S/C20H26N2O7/c1-20(2,3)29-19(26)21-16-14(18(25)27-4)10-22(17(16)24)11-15(23)28-12-13-8-6-5-7-9-13/h5-9,14,16H,10-12H2,1-4H3,(H,21,26)/t14-,16+/m1/s1. The number of carbonyl (C=O) groups excluding carboxylic acids is 4. The number of hydrogen-bond donors (Lipinski definition) is 1. The first-order valence-electron chi connectivity index (χ1n) is 9.16. The van der Waals surface area contributed by atoms with Gasteiger partial charge in [-0.25, -0.2) is 4.79 Å². The van der Waals surface area contributed by atoms with Crippen LogP contribution >= 0.6 is 0 Å². The molecule has 1 aliphatic rings. The van der Waals surface area contributed by atoms with Crippen LogP contribution in [0.2, 0.25) is 0 Å². The van der Waals surface area contributed by atoms with E-state index in [2.05, 4.69) is 5.32 Å². The molecule has 0 unspecified atom stereocenters. The first kappa shape index (κ1) is 22.2. The monoisotopic (exact) mass is 406 g/mol. The molecule has 1 fully saturated rings. The Morgan fingerprint density at radius 1 is 1.17 bits per heavy atom. The van der Waals surface area contributed by atoms with Crippen molar-refractivity contribution in [2.75, 3.05) is 20.2 Å². The molecule has 1 aromatic carbocycles. The molecular formula is C20H26N2O7. The van der Waals surface area contributed by atoms with Crippen LogP contribution in [-0.2, 0) is 35.2 Å². The van der Waals surface area contributed by atoms with Gasteiger partial charge in [-0.2, -0.15) is 0 Å². The van der Waals surface area contributed by atoms with Crippen LogP contribution in [0.15, 0.2) is 30.3 Å². The second kappa shape index (κ2) is 9.40. The maximum Gasteiger partial charge on any atom is 0.408 e. The number of ether oxygens (including phenoxy) is 3. The van der Waals surface area contributed by atoms with E-state index in [9.17, 15) is 19.2 Å². The predicted octanol–water partition coefficient (Wildman–Crippen LogP) is 1.25. The Hall–Kier alpha value is -3.10. The SMILES string of the molecule is COC(=O)[C@@H]1CN(CC(=O)OCc2ccccc2)C(=O)[C@H]1NC(=O)OC(C)(C)C. The van der Waals surface area contributed by atoms with Crippen LogP contribution in [0.25, 0.3) is 0 Å². The quantitative estimate of drug-likeness (QED) is 0.559. The number of esters is 2. The molecule has 9 heteroatoms. The lowest BCUT2D eigenvalue weighted by atomic mass is 10.0. The van der Waals surface area contributed by atoms with Crippen LogP contribution in [0, 0.1) is 5.92 Å². The van der Waals surface area contributed by atoms with E-state index in [4.69, 9.17) is 14.2 Å². The van der Waals surface area contributed by atoms with Gasteiger partial charge in [-0.15, -0.1) is 0 Å². The molecule has 2 atom stereocenters. The van der Waals surface area contributed by atoms with Gasteiger partial charge in [0.1, 0.15) is 30.7 Å². The van der Waals surface area contributed by atoms with Crippen molar-refractivity contribution in [1.82, 2.24) is 10.2 Å². The van der Waals surface area contributed by atoms with E-state index in [-0.39, 0.29) is 19.7 Å². The number of rotatable bonds is 6. The van der Waals surface area contributed by atoms with E-state index in [1.165, 1.54) is 7.11 Å². The zero-order chi connectivity index (χ0) is 21.6.